The average Bonchev–Trinajstić information content (AvgIpc) is 3.44. The highest BCUT2D eigenvalue weighted by Gasteiger charge is 2.32. The Hall–Kier alpha value is -4.87. The van der Waals surface area contributed by atoms with Crippen molar-refractivity contribution in [1.82, 2.24) is 26.2 Å². The number of rotatable bonds is 9. The number of carbonyl (C=O) groups is 5. The minimum atomic E-state index is -0.773. The van der Waals surface area contributed by atoms with Gasteiger partial charge in [0, 0.05) is 24.0 Å². The number of nitrogens with one attached hydrogen (secondary N) is 4. The Morgan fingerprint density at radius 2 is 1.78 bits per heavy atom. The molecule has 37 heavy (non-hydrogen) atoms. The molecule has 0 saturated heterocycles. The number of nitrogens with zero attached hydrogens (tertiary/aromatic N) is 1. The molecule has 0 spiro atoms. The van der Waals surface area contributed by atoms with E-state index in [0.29, 0.717) is 41.0 Å². The van der Waals surface area contributed by atoms with Crippen LogP contribution >= 0.6 is 0 Å². The first-order valence-corrected chi connectivity index (χ1v) is 11.3. The largest absolute Gasteiger partial charge is 0.497 e. The molecule has 1 aliphatic rings. The predicted octanol–water partition coefficient (Wildman–Crippen LogP) is 2.11. The van der Waals surface area contributed by atoms with Crippen molar-refractivity contribution < 1.29 is 33.1 Å². The first kappa shape index (κ1) is 25.2. The third-order valence-electron chi connectivity index (χ3n) is 6.03. The van der Waals surface area contributed by atoms with Gasteiger partial charge in [-0.05, 0) is 48.4 Å². The van der Waals surface area contributed by atoms with E-state index in [4.69, 9.17) is 9.15 Å². The summed E-state index contributed by atoms with van der Waals surface area (Å²) in [7, 11) is 1.52. The molecule has 1 unspecified atom stereocenters. The Bertz CT molecular complexity index is 1370. The van der Waals surface area contributed by atoms with Gasteiger partial charge in [0.15, 0.2) is 0 Å². The molecule has 0 fully saturated rings. The summed E-state index contributed by atoms with van der Waals surface area (Å²) >= 11 is 0. The molecule has 0 radical (unpaired) electrons. The quantitative estimate of drug-likeness (QED) is 0.323. The molecule has 0 bridgehead atoms. The average molecular weight is 508 g/mol. The first-order valence-electron chi connectivity index (χ1n) is 11.3. The monoisotopic (exact) mass is 507 g/mol. The Morgan fingerprint density at radius 3 is 2.49 bits per heavy atom. The Morgan fingerprint density at radius 1 is 1.05 bits per heavy atom. The zero-order chi connectivity index (χ0) is 26.5. The fraction of sp³-hybridized carbons (Fsp3) is 0.240. The van der Waals surface area contributed by atoms with Gasteiger partial charge in [0.05, 0.1) is 13.2 Å². The molecule has 7 amide bonds. The smallest absolute Gasteiger partial charge is 0.321 e. The summed E-state index contributed by atoms with van der Waals surface area (Å²) in [5, 5.41) is 10.1. The summed E-state index contributed by atoms with van der Waals surface area (Å²) in [5.41, 5.74) is 2.62. The molecule has 2 aromatic carbocycles. The van der Waals surface area contributed by atoms with Crippen LogP contribution in [0.4, 0.5) is 9.59 Å². The molecule has 2 atom stereocenters. The van der Waals surface area contributed by atoms with Gasteiger partial charge in [-0.1, -0.05) is 12.1 Å². The zero-order valence-corrected chi connectivity index (χ0v) is 20.1. The van der Waals surface area contributed by atoms with Gasteiger partial charge in [0.1, 0.15) is 23.1 Å². The van der Waals surface area contributed by atoms with Crippen molar-refractivity contribution in [3.63, 3.8) is 0 Å². The summed E-state index contributed by atoms with van der Waals surface area (Å²) in [6.07, 6.45) is 0.553. The fourth-order valence-electron chi connectivity index (χ4n) is 4.19. The predicted molar refractivity (Wildman–Crippen MR) is 131 cm³/mol. The number of furan rings is 1. The highest BCUT2D eigenvalue weighted by Crippen LogP contribution is 2.31. The van der Waals surface area contributed by atoms with E-state index in [1.807, 2.05) is 16.7 Å². The maximum Gasteiger partial charge on any atom is 0.321 e. The number of imide groups is 2. The van der Waals surface area contributed by atoms with Gasteiger partial charge in [0.2, 0.25) is 12.8 Å². The van der Waals surface area contributed by atoms with Crippen LogP contribution in [-0.4, -0.2) is 49.3 Å². The number of ether oxygens (including phenoxy) is 1. The topological polar surface area (TPSA) is 159 Å². The minimum Gasteiger partial charge on any atom is -0.497 e. The van der Waals surface area contributed by atoms with Crippen LogP contribution < -0.4 is 26.0 Å². The number of urea groups is 2. The lowest BCUT2D eigenvalue weighted by Gasteiger charge is -2.23. The second kappa shape index (κ2) is 10.8. The van der Waals surface area contributed by atoms with Gasteiger partial charge < -0.3 is 24.7 Å². The molecule has 12 heteroatoms. The highest BCUT2D eigenvalue weighted by molar-refractivity contribution is 5.98. The Kier molecular flexibility index (Phi) is 7.37. The molecule has 3 aromatic rings. The number of amides is 7. The second-order valence-electron chi connectivity index (χ2n) is 8.40. The van der Waals surface area contributed by atoms with Crippen LogP contribution in [0, 0.1) is 0 Å². The van der Waals surface area contributed by atoms with Gasteiger partial charge in [-0.25, -0.2) is 9.59 Å². The first-order chi connectivity index (χ1) is 17.8. The van der Waals surface area contributed by atoms with Crippen molar-refractivity contribution in [3.05, 3.63) is 64.9 Å². The van der Waals surface area contributed by atoms with Gasteiger partial charge in [0.25, 0.3) is 5.91 Å². The summed E-state index contributed by atoms with van der Waals surface area (Å²) in [6.45, 7) is 2.17. The van der Waals surface area contributed by atoms with E-state index in [2.05, 4.69) is 10.6 Å². The van der Waals surface area contributed by atoms with Crippen LogP contribution in [0.2, 0.25) is 0 Å². The van der Waals surface area contributed by atoms with Crippen molar-refractivity contribution in [1.29, 1.82) is 0 Å². The zero-order valence-electron chi connectivity index (χ0n) is 20.1. The lowest BCUT2D eigenvalue weighted by molar-refractivity contribution is -0.109. The van der Waals surface area contributed by atoms with Crippen molar-refractivity contribution in [3.8, 4) is 5.75 Å². The molecule has 4 N–H and O–H groups in total. The summed E-state index contributed by atoms with van der Waals surface area (Å²) < 4.78 is 11.2. The van der Waals surface area contributed by atoms with Crippen LogP contribution in [0.1, 0.15) is 46.3 Å². The summed E-state index contributed by atoms with van der Waals surface area (Å²) in [6, 6.07) is 9.72. The van der Waals surface area contributed by atoms with E-state index < -0.39 is 24.1 Å². The summed E-state index contributed by atoms with van der Waals surface area (Å²) in [4.78, 5) is 59.8. The normalized spacial score (nSPS) is 13.9. The number of hydrogen-bond donors (Lipinski definition) is 4. The molecule has 1 aromatic heterocycles. The van der Waals surface area contributed by atoms with Gasteiger partial charge in [-0.3, -0.25) is 25.0 Å². The van der Waals surface area contributed by atoms with E-state index in [9.17, 15) is 24.0 Å². The molecule has 0 saturated carbocycles. The van der Waals surface area contributed by atoms with Crippen LogP contribution in [0.15, 0.2) is 46.9 Å². The molecule has 1 aliphatic heterocycles. The molecule has 192 valence electrons. The number of methoxy groups -OCH3 is 1. The van der Waals surface area contributed by atoms with Crippen molar-refractivity contribution in [2.24, 2.45) is 0 Å². The maximum absolute atomic E-state index is 13.1. The van der Waals surface area contributed by atoms with E-state index in [1.54, 1.807) is 48.2 Å². The van der Waals surface area contributed by atoms with E-state index in [-0.39, 0.29) is 18.9 Å². The van der Waals surface area contributed by atoms with Crippen molar-refractivity contribution in [2.75, 3.05) is 13.7 Å². The number of hydrogen-bond acceptors (Lipinski definition) is 7. The maximum atomic E-state index is 13.1. The number of fused-ring (bicyclic) bond motifs is 2. The van der Waals surface area contributed by atoms with E-state index in [0.717, 1.165) is 11.1 Å². The molecular formula is C25H25N5O7. The lowest BCUT2D eigenvalue weighted by Crippen LogP contribution is -2.42. The van der Waals surface area contributed by atoms with E-state index in [1.165, 1.54) is 7.11 Å². The minimum absolute atomic E-state index is 0.0820. The number of benzene rings is 2. The Labute approximate surface area is 211 Å². The molecule has 4 rings (SSSR count). The summed E-state index contributed by atoms with van der Waals surface area (Å²) in [5.74, 6) is 0.715. The highest BCUT2D eigenvalue weighted by atomic mass is 16.5. The van der Waals surface area contributed by atoms with Crippen LogP contribution in [0.25, 0.3) is 11.0 Å². The van der Waals surface area contributed by atoms with Crippen LogP contribution in [0.3, 0.4) is 0 Å². The molecule has 0 aliphatic carbocycles. The third kappa shape index (κ3) is 5.53. The fourth-order valence-corrected chi connectivity index (χ4v) is 4.19. The standard InChI is InChI=1S/C25H25N5O7/c1-14(28-24(34)26-12-31)15-4-6-21-17(7-15)8-22(37-21)20(29-25(35)27-13-32)11-30-10-16-3-5-18(36-2)9-19(16)23(30)33/h3-9,12-14,20H,10-11H2,1-2H3,(H2,26,28,31,34)(H2,27,29,32,35)/t14?,20-/m0/s1. The molecule has 2 heterocycles. The number of carbonyl (C=O) groups excluding carboxylic acids is 5. The van der Waals surface area contributed by atoms with Crippen molar-refractivity contribution >= 4 is 41.8 Å². The Balaban J connectivity index is 1.58. The van der Waals surface area contributed by atoms with E-state index >= 15 is 0 Å². The third-order valence-corrected chi connectivity index (χ3v) is 6.03. The van der Waals surface area contributed by atoms with Crippen LogP contribution in [-0.2, 0) is 16.1 Å². The van der Waals surface area contributed by atoms with Gasteiger partial charge in [-0.15, -0.1) is 0 Å². The van der Waals surface area contributed by atoms with Crippen LogP contribution in [0.5, 0.6) is 5.75 Å². The second-order valence-corrected chi connectivity index (χ2v) is 8.40. The van der Waals surface area contributed by atoms with Gasteiger partial charge in [-0.2, -0.15) is 0 Å². The van der Waals surface area contributed by atoms with Gasteiger partial charge >= 0.3 is 12.1 Å². The SMILES string of the molecule is COc1ccc2c(c1)C(=O)N(C[C@H](NC(=O)NC=O)c1cc3cc(C(C)NC(=O)NC=O)ccc3o1)C2. The van der Waals surface area contributed by atoms with Crippen molar-refractivity contribution in [2.45, 2.75) is 25.6 Å². The lowest BCUT2D eigenvalue weighted by atomic mass is 10.1. The molecule has 12 nitrogen and oxygen atoms in total. The molecular weight excluding hydrogens is 482 g/mol.